The summed E-state index contributed by atoms with van der Waals surface area (Å²) in [6, 6.07) is 13.8. The number of rotatable bonds is 7. The molecule has 0 radical (unpaired) electrons. The quantitative estimate of drug-likeness (QED) is 0.393. The van der Waals surface area contributed by atoms with Crippen LogP contribution in [-0.2, 0) is 11.4 Å². The minimum absolute atomic E-state index is 0.200. The topological polar surface area (TPSA) is 68.5 Å². The van der Waals surface area contributed by atoms with Gasteiger partial charge in [-0.3, -0.25) is 0 Å². The van der Waals surface area contributed by atoms with E-state index < -0.39 is 21.4 Å². The molecule has 8 heteroatoms. The van der Waals surface area contributed by atoms with Gasteiger partial charge in [-0.15, -0.1) is 0 Å². The van der Waals surface area contributed by atoms with Crippen molar-refractivity contribution in [2.24, 2.45) is 0 Å². The van der Waals surface area contributed by atoms with Crippen LogP contribution in [-0.4, -0.2) is 55.0 Å². The van der Waals surface area contributed by atoms with Crippen LogP contribution in [0.1, 0.15) is 29.9 Å². The van der Waals surface area contributed by atoms with Crippen molar-refractivity contribution >= 4 is 57.8 Å². The van der Waals surface area contributed by atoms with Crippen LogP contribution in [0.15, 0.2) is 48.7 Å². The third-order valence-electron chi connectivity index (χ3n) is 6.95. The molecule has 5 rings (SSSR count). The van der Waals surface area contributed by atoms with E-state index in [1.54, 1.807) is 24.4 Å². The molecular formula is C26H26Cl2InN3O2. The van der Waals surface area contributed by atoms with Gasteiger partial charge < -0.3 is 0 Å². The van der Waals surface area contributed by atoms with E-state index in [-0.39, 0.29) is 6.61 Å². The number of aromatic nitrogens is 1. The van der Waals surface area contributed by atoms with Crippen LogP contribution in [0.3, 0.4) is 0 Å². The van der Waals surface area contributed by atoms with Crippen molar-refractivity contribution in [1.82, 2.24) is 9.88 Å². The summed E-state index contributed by atoms with van der Waals surface area (Å²) in [4.78, 5) is 18.8. The molecule has 0 amide bonds. The van der Waals surface area contributed by atoms with Gasteiger partial charge in [0.1, 0.15) is 0 Å². The molecule has 2 N–H and O–H groups in total. The number of hydrogen-bond acceptors (Lipinski definition) is 5. The van der Waals surface area contributed by atoms with Crippen LogP contribution in [0.2, 0.25) is 14.2 Å². The number of hydrogen-bond donors (Lipinski definition) is 1. The average molecular weight is 598 g/mol. The van der Waals surface area contributed by atoms with Crippen LogP contribution in [0.4, 0.5) is 5.82 Å². The summed E-state index contributed by atoms with van der Waals surface area (Å²) in [7, 11) is 0. The summed E-state index contributed by atoms with van der Waals surface area (Å²) in [5.74, 6) is 1.27. The number of ether oxygens (including phenoxy) is 1. The third kappa shape index (κ3) is 4.97. The van der Waals surface area contributed by atoms with Crippen LogP contribution in [0.5, 0.6) is 5.75 Å². The molecule has 3 aromatic rings. The van der Waals surface area contributed by atoms with Crippen molar-refractivity contribution in [1.29, 1.82) is 0 Å². The summed E-state index contributed by atoms with van der Waals surface area (Å²) >= 11 is 10.2. The van der Waals surface area contributed by atoms with Gasteiger partial charge in [0.15, 0.2) is 0 Å². The van der Waals surface area contributed by atoms with Gasteiger partial charge >= 0.3 is 213 Å². The summed E-state index contributed by atoms with van der Waals surface area (Å²) in [6.07, 6.45) is 4.33. The van der Waals surface area contributed by atoms with Gasteiger partial charge in [-0.1, -0.05) is 6.07 Å². The summed E-state index contributed by atoms with van der Waals surface area (Å²) in [5, 5.41) is 1.10. The Hall–Kier alpha value is -1.73. The van der Waals surface area contributed by atoms with Crippen LogP contribution in [0, 0.1) is 0 Å². The fourth-order valence-electron chi connectivity index (χ4n) is 5.13. The normalized spacial score (nSPS) is 17.7. The first-order valence-corrected chi connectivity index (χ1v) is 18.3. The molecule has 0 bridgehead atoms. The van der Waals surface area contributed by atoms with E-state index >= 15 is 0 Å². The molecule has 0 aliphatic carbocycles. The fourth-order valence-corrected chi connectivity index (χ4v) is 13.1. The van der Waals surface area contributed by atoms with Crippen molar-refractivity contribution < 1.29 is 9.53 Å². The van der Waals surface area contributed by atoms with Crippen molar-refractivity contribution in [2.45, 2.75) is 29.5 Å². The number of anilines is 1. The Kier molecular flexibility index (Phi) is 7.40. The third-order valence-corrected chi connectivity index (χ3v) is 15.5. The monoisotopic (exact) mass is 597 g/mol. The van der Waals surface area contributed by atoms with Gasteiger partial charge in [-0.05, 0) is 0 Å². The Morgan fingerprint density at radius 2 is 1.88 bits per heavy atom. The zero-order chi connectivity index (χ0) is 23.7. The van der Waals surface area contributed by atoms with E-state index in [0.717, 1.165) is 21.8 Å². The number of nitrogens with zero attached hydrogens (tertiary/aromatic N) is 2. The number of benzene rings is 2. The van der Waals surface area contributed by atoms with E-state index in [0.29, 0.717) is 33.1 Å². The number of carbonyl (C=O) groups is 1. The maximum atomic E-state index is 11.8. The molecule has 2 aromatic carbocycles. The standard InChI is InChI=1S/C25H25Cl2N3O.CHO.In/c1-17(15-30-10-2-3-11-30)18-6-4-7-19(12-18)20-13-24(25(28)29-14-20)31-16-21-22(26)8-5-9-23(21)27;1-2;/h4-5,7-9,12-14,17H,1-3,10-11,15-16H2,(H2,28,29);1H;. The Bertz CT molecular complexity index is 1200. The Balaban J connectivity index is 1.41. The van der Waals surface area contributed by atoms with Gasteiger partial charge in [0.2, 0.25) is 0 Å². The molecule has 34 heavy (non-hydrogen) atoms. The number of nitrogen functional groups attached to an aromatic ring is 1. The molecule has 1 unspecified atom stereocenters. The van der Waals surface area contributed by atoms with Crippen LogP contribution < -0.4 is 13.8 Å². The fraction of sp³-hybridized carbons (Fsp3) is 0.308. The molecule has 0 spiro atoms. The second kappa shape index (κ2) is 10.5. The van der Waals surface area contributed by atoms with E-state index in [1.807, 2.05) is 6.07 Å². The number of nitrogens with two attached hydrogens (primary N) is 1. The number of fused-ring (bicyclic) bond motifs is 1. The zero-order valence-corrected chi connectivity index (χ0v) is 23.7. The summed E-state index contributed by atoms with van der Waals surface area (Å²) < 4.78 is 9.74. The van der Waals surface area contributed by atoms with Crippen molar-refractivity contribution in [3.8, 4) is 16.9 Å². The Morgan fingerprint density at radius 3 is 2.62 bits per heavy atom. The van der Waals surface area contributed by atoms with Crippen molar-refractivity contribution in [3.63, 3.8) is 0 Å². The first-order chi connectivity index (χ1) is 16.5. The van der Waals surface area contributed by atoms with E-state index in [1.165, 1.54) is 38.9 Å². The summed E-state index contributed by atoms with van der Waals surface area (Å²) in [5.41, 5.74) is 10.2. The van der Waals surface area contributed by atoms with Gasteiger partial charge in [0, 0.05) is 0 Å². The molecule has 0 saturated carbocycles. The first-order valence-electron chi connectivity index (χ1n) is 11.7. The van der Waals surface area contributed by atoms with Gasteiger partial charge in [-0.2, -0.15) is 0 Å². The molecular weight excluding hydrogens is 572 g/mol. The van der Waals surface area contributed by atoms with E-state index in [2.05, 4.69) is 28.1 Å². The average Bonchev–Trinajstić information content (AvgIpc) is 3.47. The number of pyridine rings is 1. The van der Waals surface area contributed by atoms with Crippen molar-refractivity contribution in [3.05, 3.63) is 69.8 Å². The second-order valence-electron chi connectivity index (χ2n) is 9.12. The Labute approximate surface area is 217 Å². The van der Waals surface area contributed by atoms with Gasteiger partial charge in [0.25, 0.3) is 0 Å². The number of likely N-dealkylation sites (tertiary alicyclic amines) is 1. The minimum atomic E-state index is -2.34. The molecule has 2 aliphatic heterocycles. The second-order valence-corrected chi connectivity index (χ2v) is 17.3. The number of halogens is 2. The maximum absolute atomic E-state index is 11.8. The van der Waals surface area contributed by atoms with E-state index in [4.69, 9.17) is 33.7 Å². The zero-order valence-electron chi connectivity index (χ0n) is 18.8. The predicted molar refractivity (Wildman–Crippen MR) is 140 cm³/mol. The molecule has 1 saturated heterocycles. The molecule has 174 valence electrons. The molecule has 3 heterocycles. The van der Waals surface area contributed by atoms with Crippen LogP contribution in [0.25, 0.3) is 11.1 Å². The number of carbonyl (C=O) groups excluding carboxylic acids is 1. The Morgan fingerprint density at radius 1 is 1.12 bits per heavy atom. The van der Waals surface area contributed by atoms with Gasteiger partial charge in [0.05, 0.1) is 0 Å². The summed E-state index contributed by atoms with van der Waals surface area (Å²) in [6.45, 7) is 3.60. The van der Waals surface area contributed by atoms with Gasteiger partial charge in [-0.25, -0.2) is 0 Å². The molecule has 1 atom stereocenters. The molecule has 2 aliphatic rings. The predicted octanol–water partition coefficient (Wildman–Crippen LogP) is 4.88. The van der Waals surface area contributed by atoms with Crippen LogP contribution >= 0.6 is 23.2 Å². The van der Waals surface area contributed by atoms with E-state index in [9.17, 15) is 4.79 Å². The molecule has 1 aromatic heterocycles. The SMILES string of the molecule is Nc1ncc(-c2cc[c]3c(c2)C(CN2CCCC2)[CH2][In]3[CH]=O)cc1OCc1c(Cl)cccc1Cl. The van der Waals surface area contributed by atoms with Crippen molar-refractivity contribution in [2.75, 3.05) is 25.4 Å². The first kappa shape index (κ1) is 24.0. The molecule has 1 fully saturated rings. The molecule has 5 nitrogen and oxygen atoms in total.